The predicted molar refractivity (Wildman–Crippen MR) is 87.5 cm³/mol. The molecule has 0 saturated carbocycles. The van der Waals surface area contributed by atoms with Crippen molar-refractivity contribution in [1.29, 1.82) is 0 Å². The van der Waals surface area contributed by atoms with Crippen LogP contribution in [0.1, 0.15) is 17.0 Å². The van der Waals surface area contributed by atoms with Crippen LogP contribution in [0.2, 0.25) is 0 Å². The normalized spacial score (nSPS) is 12.6. The largest absolute Gasteiger partial charge is 0.416 e. The van der Waals surface area contributed by atoms with Gasteiger partial charge >= 0.3 is 6.18 Å². The van der Waals surface area contributed by atoms with Crippen LogP contribution in [0, 0.1) is 5.82 Å². The van der Waals surface area contributed by atoms with Crippen LogP contribution in [0.25, 0.3) is 22.0 Å². The summed E-state index contributed by atoms with van der Waals surface area (Å²) in [7, 11) is 0. The van der Waals surface area contributed by atoms with E-state index >= 15 is 0 Å². The monoisotopic (exact) mass is 368 g/mol. The lowest BCUT2D eigenvalue weighted by Crippen LogP contribution is -2.12. The Bertz CT molecular complexity index is 1040. The van der Waals surface area contributed by atoms with E-state index in [0.29, 0.717) is 5.56 Å². The molecule has 1 N–H and O–H groups in total. The van der Waals surface area contributed by atoms with Gasteiger partial charge in [-0.3, -0.25) is 4.79 Å². The molecule has 0 bridgehead atoms. The van der Waals surface area contributed by atoms with Crippen LogP contribution in [0.4, 0.5) is 17.6 Å². The molecule has 2 aromatic carbocycles. The Morgan fingerprint density at radius 1 is 1.16 bits per heavy atom. The van der Waals surface area contributed by atoms with Crippen molar-refractivity contribution in [2.45, 2.75) is 6.18 Å². The minimum Gasteiger partial charge on any atom is -0.305 e. The molecule has 0 unspecified atom stereocenters. The highest BCUT2D eigenvalue weighted by atomic mass is 35.5. The van der Waals surface area contributed by atoms with Gasteiger partial charge in [-0.2, -0.15) is 13.2 Å². The van der Waals surface area contributed by atoms with Crippen molar-refractivity contribution in [2.75, 3.05) is 0 Å². The van der Waals surface area contributed by atoms with Crippen LogP contribution in [-0.4, -0.2) is 9.97 Å². The molecule has 25 heavy (non-hydrogen) atoms. The van der Waals surface area contributed by atoms with Gasteiger partial charge in [-0.15, -0.1) is 0 Å². The van der Waals surface area contributed by atoms with E-state index in [4.69, 9.17) is 11.6 Å². The number of benzene rings is 2. The number of alkyl halides is 3. The fraction of sp³-hybridized carbons (Fsp3) is 0.0588. The minimum absolute atomic E-state index is 0.00646. The van der Waals surface area contributed by atoms with Gasteiger partial charge < -0.3 is 4.98 Å². The molecular formula is C17H9ClF4N2O. The molecule has 0 atom stereocenters. The molecular weight excluding hydrogens is 360 g/mol. The van der Waals surface area contributed by atoms with Gasteiger partial charge in [0.1, 0.15) is 5.82 Å². The number of aromatic nitrogens is 2. The lowest BCUT2D eigenvalue weighted by molar-refractivity contribution is -0.137. The molecule has 3 nitrogen and oxygen atoms in total. The molecule has 3 rings (SSSR count). The third-order valence-electron chi connectivity index (χ3n) is 3.40. The number of H-pyrrole nitrogens is 1. The van der Waals surface area contributed by atoms with Crippen molar-refractivity contribution in [2.24, 2.45) is 0 Å². The summed E-state index contributed by atoms with van der Waals surface area (Å²) < 4.78 is 51.6. The number of nitrogens with zero attached hydrogens (tertiary/aromatic N) is 1. The second-order valence-electron chi connectivity index (χ2n) is 5.19. The molecule has 0 aliphatic rings. The molecule has 3 aromatic rings. The molecule has 8 heteroatoms. The molecule has 1 aromatic heterocycles. The Labute approximate surface area is 143 Å². The maximum atomic E-state index is 13.2. The lowest BCUT2D eigenvalue weighted by atomic mass is 10.1. The van der Waals surface area contributed by atoms with Crippen molar-refractivity contribution in [3.8, 4) is 0 Å². The molecule has 0 radical (unpaired) electrons. The number of hydrogen-bond donors (Lipinski definition) is 1. The van der Waals surface area contributed by atoms with Crippen molar-refractivity contribution in [1.82, 2.24) is 9.97 Å². The highest BCUT2D eigenvalue weighted by molar-refractivity contribution is 6.50. The lowest BCUT2D eigenvalue weighted by Gasteiger charge is -2.08. The first kappa shape index (κ1) is 17.2. The summed E-state index contributed by atoms with van der Waals surface area (Å²) in [5, 5.41) is -0.0333. The first-order chi connectivity index (χ1) is 11.7. The van der Waals surface area contributed by atoms with Gasteiger partial charge in [0.15, 0.2) is 5.82 Å². The summed E-state index contributed by atoms with van der Waals surface area (Å²) in [4.78, 5) is 18.4. The summed E-state index contributed by atoms with van der Waals surface area (Å²) in [6, 6.07) is 8.15. The maximum absolute atomic E-state index is 13.2. The number of halogens is 5. The van der Waals surface area contributed by atoms with Gasteiger partial charge in [-0.1, -0.05) is 23.7 Å². The van der Waals surface area contributed by atoms with Crippen LogP contribution >= 0.6 is 11.6 Å². The summed E-state index contributed by atoms with van der Waals surface area (Å²) >= 11 is 6.08. The fourth-order valence-corrected chi connectivity index (χ4v) is 2.46. The van der Waals surface area contributed by atoms with Gasteiger partial charge in [0, 0.05) is 0 Å². The summed E-state index contributed by atoms with van der Waals surface area (Å²) in [6.07, 6.45) is -3.21. The van der Waals surface area contributed by atoms with E-state index in [1.807, 2.05) is 0 Å². The Morgan fingerprint density at radius 3 is 2.60 bits per heavy atom. The summed E-state index contributed by atoms with van der Waals surface area (Å²) in [5.41, 5.74) is -1.27. The first-order valence-corrected chi connectivity index (χ1v) is 7.36. The van der Waals surface area contributed by atoms with E-state index in [1.165, 1.54) is 24.3 Å². The quantitative estimate of drug-likeness (QED) is 0.659. The van der Waals surface area contributed by atoms with Crippen LogP contribution in [-0.2, 0) is 6.18 Å². The van der Waals surface area contributed by atoms with E-state index in [9.17, 15) is 22.4 Å². The Morgan fingerprint density at radius 2 is 1.92 bits per heavy atom. The number of nitrogens with one attached hydrogen (secondary N) is 1. The second-order valence-corrected chi connectivity index (χ2v) is 5.60. The molecule has 0 aliphatic carbocycles. The molecule has 128 valence electrons. The van der Waals surface area contributed by atoms with Gasteiger partial charge in [0.05, 0.1) is 21.5 Å². The van der Waals surface area contributed by atoms with Crippen molar-refractivity contribution >= 4 is 33.6 Å². The Hall–Kier alpha value is -2.67. The van der Waals surface area contributed by atoms with Gasteiger partial charge in [-0.25, -0.2) is 9.37 Å². The topological polar surface area (TPSA) is 45.8 Å². The van der Waals surface area contributed by atoms with E-state index in [1.54, 1.807) is 6.07 Å². The third kappa shape index (κ3) is 3.71. The van der Waals surface area contributed by atoms with Gasteiger partial charge in [-0.05, 0) is 42.0 Å². The number of aromatic amines is 1. The van der Waals surface area contributed by atoms with Crippen molar-refractivity contribution < 1.29 is 17.6 Å². The molecule has 1 heterocycles. The summed E-state index contributed by atoms with van der Waals surface area (Å²) in [5.74, 6) is -0.587. The zero-order valence-corrected chi connectivity index (χ0v) is 13.1. The third-order valence-corrected chi connectivity index (χ3v) is 3.69. The Balaban J connectivity index is 2.11. The first-order valence-electron chi connectivity index (χ1n) is 6.98. The van der Waals surface area contributed by atoms with Crippen LogP contribution < -0.4 is 5.56 Å². The van der Waals surface area contributed by atoms with E-state index < -0.39 is 23.1 Å². The molecule has 0 saturated heterocycles. The highest BCUT2D eigenvalue weighted by Crippen LogP contribution is 2.30. The standard InChI is InChI=1S/C17H9ClF4N2O/c18-13(7-9-2-1-3-11(19)6-9)15-23-14-8-10(17(20,21)22)4-5-12(14)16(25)24-15/h1-8H,(H,23,24,25)/b13-7-. The van der Waals surface area contributed by atoms with Crippen LogP contribution in [0.3, 0.4) is 0 Å². The average molecular weight is 369 g/mol. The van der Waals surface area contributed by atoms with Crippen molar-refractivity contribution in [3.05, 3.63) is 75.6 Å². The predicted octanol–water partition coefficient (Wildman–Crippen LogP) is 4.82. The van der Waals surface area contributed by atoms with Gasteiger partial charge in [0.25, 0.3) is 5.56 Å². The maximum Gasteiger partial charge on any atom is 0.416 e. The second kappa shape index (κ2) is 6.33. The average Bonchev–Trinajstić information content (AvgIpc) is 2.53. The van der Waals surface area contributed by atoms with E-state index in [-0.39, 0.29) is 21.8 Å². The van der Waals surface area contributed by atoms with E-state index in [0.717, 1.165) is 18.2 Å². The molecule has 0 aliphatic heterocycles. The van der Waals surface area contributed by atoms with Crippen molar-refractivity contribution in [3.63, 3.8) is 0 Å². The zero-order valence-electron chi connectivity index (χ0n) is 12.4. The van der Waals surface area contributed by atoms with Crippen LogP contribution in [0.5, 0.6) is 0 Å². The fourth-order valence-electron chi connectivity index (χ4n) is 2.24. The van der Waals surface area contributed by atoms with Crippen LogP contribution in [0.15, 0.2) is 47.3 Å². The number of hydrogen-bond acceptors (Lipinski definition) is 2. The van der Waals surface area contributed by atoms with Gasteiger partial charge in [0.2, 0.25) is 0 Å². The smallest absolute Gasteiger partial charge is 0.305 e. The molecule has 0 spiro atoms. The molecule has 0 amide bonds. The number of rotatable bonds is 2. The number of fused-ring (bicyclic) bond motifs is 1. The minimum atomic E-state index is -4.56. The SMILES string of the molecule is O=c1[nH]c(/C(Cl)=C/c2cccc(F)c2)nc2cc(C(F)(F)F)ccc12. The highest BCUT2D eigenvalue weighted by Gasteiger charge is 2.30. The Kier molecular flexibility index (Phi) is 4.34. The zero-order chi connectivity index (χ0) is 18.2. The summed E-state index contributed by atoms with van der Waals surface area (Å²) in [6.45, 7) is 0. The van der Waals surface area contributed by atoms with E-state index in [2.05, 4.69) is 9.97 Å². The molecule has 0 fully saturated rings.